The van der Waals surface area contributed by atoms with Crippen molar-refractivity contribution < 1.29 is 4.74 Å². The first-order valence-electron chi connectivity index (χ1n) is 7.47. The van der Waals surface area contributed by atoms with Gasteiger partial charge < -0.3 is 10.1 Å². The van der Waals surface area contributed by atoms with Crippen molar-refractivity contribution in [3.05, 3.63) is 0 Å². The number of unbranched alkanes of at least 4 members (excludes halogenated alkanes) is 1. The second-order valence-electron chi connectivity index (χ2n) is 5.96. The van der Waals surface area contributed by atoms with Crippen LogP contribution in [0.3, 0.4) is 0 Å². The molecule has 1 N–H and O–H groups in total. The minimum atomic E-state index is 0.727. The smallest absolute Gasteiger partial charge is 0.0468 e. The highest BCUT2D eigenvalue weighted by molar-refractivity contribution is 4.68. The number of nitrogens with one attached hydrogen (secondary N) is 1. The molecule has 0 aromatic carbocycles. The molecule has 0 aromatic heterocycles. The molecule has 17 heavy (non-hydrogen) atoms. The standard InChI is InChI=1S/C15H31NO/c1-13(2)12-15(16-3)7-5-4-6-14-8-10-17-11-9-14/h13-16H,4-12H2,1-3H3. The fourth-order valence-corrected chi connectivity index (χ4v) is 2.81. The van der Waals surface area contributed by atoms with Crippen molar-refractivity contribution >= 4 is 0 Å². The fraction of sp³-hybridized carbons (Fsp3) is 1.00. The van der Waals surface area contributed by atoms with Crippen molar-refractivity contribution in [2.75, 3.05) is 20.3 Å². The van der Waals surface area contributed by atoms with Crippen LogP contribution in [0.4, 0.5) is 0 Å². The Hall–Kier alpha value is -0.0800. The fourth-order valence-electron chi connectivity index (χ4n) is 2.81. The van der Waals surface area contributed by atoms with Gasteiger partial charge in [0.1, 0.15) is 0 Å². The Balaban J connectivity index is 2.01. The number of ether oxygens (including phenoxy) is 1. The Morgan fingerprint density at radius 3 is 2.47 bits per heavy atom. The van der Waals surface area contributed by atoms with Gasteiger partial charge in [-0.25, -0.2) is 0 Å². The zero-order chi connectivity index (χ0) is 12.5. The third-order valence-electron chi connectivity index (χ3n) is 3.92. The largest absolute Gasteiger partial charge is 0.381 e. The minimum absolute atomic E-state index is 0.727. The third-order valence-corrected chi connectivity index (χ3v) is 3.92. The van der Waals surface area contributed by atoms with Crippen molar-refractivity contribution in [1.29, 1.82) is 0 Å². The van der Waals surface area contributed by atoms with E-state index in [0.29, 0.717) is 0 Å². The molecule has 0 radical (unpaired) electrons. The quantitative estimate of drug-likeness (QED) is 0.656. The summed E-state index contributed by atoms with van der Waals surface area (Å²) >= 11 is 0. The molecule has 1 aliphatic rings. The molecular weight excluding hydrogens is 210 g/mol. The van der Waals surface area contributed by atoms with E-state index in [0.717, 1.165) is 31.1 Å². The van der Waals surface area contributed by atoms with Crippen LogP contribution in [0.15, 0.2) is 0 Å². The highest BCUT2D eigenvalue weighted by Crippen LogP contribution is 2.22. The van der Waals surface area contributed by atoms with Gasteiger partial charge in [0.25, 0.3) is 0 Å². The van der Waals surface area contributed by atoms with E-state index < -0.39 is 0 Å². The Kier molecular flexibility index (Phi) is 7.87. The maximum Gasteiger partial charge on any atom is 0.0468 e. The van der Waals surface area contributed by atoms with Crippen molar-refractivity contribution in [2.24, 2.45) is 11.8 Å². The Bertz CT molecular complexity index is 176. The van der Waals surface area contributed by atoms with Gasteiger partial charge in [-0.1, -0.05) is 33.1 Å². The molecule has 1 heterocycles. The lowest BCUT2D eigenvalue weighted by atomic mass is 9.92. The molecule has 102 valence electrons. The molecule has 0 aromatic rings. The first-order chi connectivity index (χ1) is 8.22. The average Bonchev–Trinajstić information content (AvgIpc) is 2.34. The normalized spacial score (nSPS) is 19.8. The second-order valence-corrected chi connectivity index (χ2v) is 5.96. The number of hydrogen-bond acceptors (Lipinski definition) is 2. The Morgan fingerprint density at radius 2 is 1.88 bits per heavy atom. The average molecular weight is 241 g/mol. The van der Waals surface area contributed by atoms with E-state index in [2.05, 4.69) is 26.2 Å². The zero-order valence-electron chi connectivity index (χ0n) is 12.0. The molecule has 0 amide bonds. The molecule has 1 saturated heterocycles. The van der Waals surface area contributed by atoms with Gasteiger partial charge >= 0.3 is 0 Å². The van der Waals surface area contributed by atoms with Crippen LogP contribution in [-0.2, 0) is 4.74 Å². The van der Waals surface area contributed by atoms with Gasteiger partial charge in [0, 0.05) is 19.3 Å². The molecule has 1 rings (SSSR count). The topological polar surface area (TPSA) is 21.3 Å². The molecule has 0 saturated carbocycles. The third kappa shape index (κ3) is 7.05. The maximum absolute atomic E-state index is 5.40. The molecule has 1 atom stereocenters. The SMILES string of the molecule is CNC(CCCCC1CCOCC1)CC(C)C. The van der Waals surface area contributed by atoms with Gasteiger partial charge in [-0.05, 0) is 44.6 Å². The van der Waals surface area contributed by atoms with Gasteiger partial charge in [-0.15, -0.1) is 0 Å². The molecule has 1 fully saturated rings. The van der Waals surface area contributed by atoms with E-state index in [1.165, 1.54) is 44.9 Å². The monoisotopic (exact) mass is 241 g/mol. The summed E-state index contributed by atoms with van der Waals surface area (Å²) in [6, 6.07) is 0.727. The van der Waals surface area contributed by atoms with Crippen LogP contribution < -0.4 is 5.32 Å². The Labute approximate surface area is 108 Å². The van der Waals surface area contributed by atoms with Gasteiger partial charge in [-0.3, -0.25) is 0 Å². The summed E-state index contributed by atoms with van der Waals surface area (Å²) in [4.78, 5) is 0. The van der Waals surface area contributed by atoms with Crippen molar-refractivity contribution in [3.8, 4) is 0 Å². The number of rotatable bonds is 8. The van der Waals surface area contributed by atoms with Crippen molar-refractivity contribution in [3.63, 3.8) is 0 Å². The van der Waals surface area contributed by atoms with Gasteiger partial charge in [-0.2, -0.15) is 0 Å². The maximum atomic E-state index is 5.40. The van der Waals surface area contributed by atoms with Crippen LogP contribution in [0.25, 0.3) is 0 Å². The molecule has 2 heteroatoms. The zero-order valence-corrected chi connectivity index (χ0v) is 12.0. The first kappa shape index (κ1) is 15.0. The lowest BCUT2D eigenvalue weighted by Gasteiger charge is -2.22. The summed E-state index contributed by atoms with van der Waals surface area (Å²) in [5.74, 6) is 1.75. The molecule has 0 bridgehead atoms. The van der Waals surface area contributed by atoms with Crippen LogP contribution in [0.2, 0.25) is 0 Å². The van der Waals surface area contributed by atoms with E-state index in [1.54, 1.807) is 0 Å². The van der Waals surface area contributed by atoms with E-state index in [-0.39, 0.29) is 0 Å². The van der Waals surface area contributed by atoms with E-state index in [4.69, 9.17) is 4.74 Å². The second kappa shape index (κ2) is 8.93. The van der Waals surface area contributed by atoms with Gasteiger partial charge in [0.05, 0.1) is 0 Å². The Morgan fingerprint density at radius 1 is 1.18 bits per heavy atom. The first-order valence-corrected chi connectivity index (χ1v) is 7.47. The summed E-state index contributed by atoms with van der Waals surface area (Å²) in [7, 11) is 2.10. The predicted molar refractivity (Wildman–Crippen MR) is 74.3 cm³/mol. The molecule has 1 aliphatic heterocycles. The van der Waals surface area contributed by atoms with E-state index in [9.17, 15) is 0 Å². The van der Waals surface area contributed by atoms with Gasteiger partial charge in [0.15, 0.2) is 0 Å². The molecule has 2 nitrogen and oxygen atoms in total. The van der Waals surface area contributed by atoms with Gasteiger partial charge in [0.2, 0.25) is 0 Å². The summed E-state index contributed by atoms with van der Waals surface area (Å²) in [6.07, 6.45) is 9.45. The van der Waals surface area contributed by atoms with Crippen LogP contribution in [0.1, 0.15) is 58.8 Å². The van der Waals surface area contributed by atoms with Crippen LogP contribution in [0.5, 0.6) is 0 Å². The highest BCUT2D eigenvalue weighted by Gasteiger charge is 2.13. The van der Waals surface area contributed by atoms with Crippen LogP contribution >= 0.6 is 0 Å². The number of hydrogen-bond donors (Lipinski definition) is 1. The van der Waals surface area contributed by atoms with Crippen molar-refractivity contribution in [2.45, 2.75) is 64.8 Å². The summed E-state index contributed by atoms with van der Waals surface area (Å²) < 4.78 is 5.40. The van der Waals surface area contributed by atoms with E-state index >= 15 is 0 Å². The highest BCUT2D eigenvalue weighted by atomic mass is 16.5. The molecule has 0 spiro atoms. The lowest BCUT2D eigenvalue weighted by Crippen LogP contribution is -2.26. The molecule has 1 unspecified atom stereocenters. The lowest BCUT2D eigenvalue weighted by molar-refractivity contribution is 0.0630. The molecular formula is C15H31NO. The predicted octanol–water partition coefficient (Wildman–Crippen LogP) is 3.61. The van der Waals surface area contributed by atoms with Crippen LogP contribution in [0, 0.1) is 11.8 Å². The summed E-state index contributed by atoms with van der Waals surface area (Å²) in [5, 5.41) is 3.45. The minimum Gasteiger partial charge on any atom is -0.381 e. The molecule has 0 aliphatic carbocycles. The summed E-state index contributed by atoms with van der Waals surface area (Å²) in [5.41, 5.74) is 0. The van der Waals surface area contributed by atoms with Crippen molar-refractivity contribution in [1.82, 2.24) is 5.32 Å². The van der Waals surface area contributed by atoms with E-state index in [1.807, 2.05) is 0 Å². The van der Waals surface area contributed by atoms with Crippen LogP contribution in [-0.4, -0.2) is 26.3 Å². The summed E-state index contributed by atoms with van der Waals surface area (Å²) in [6.45, 7) is 6.62.